The van der Waals surface area contributed by atoms with Crippen LogP contribution < -0.4 is 10.5 Å². The van der Waals surface area contributed by atoms with Crippen molar-refractivity contribution in [1.82, 2.24) is 4.90 Å². The lowest BCUT2D eigenvalue weighted by molar-refractivity contribution is -0.132. The lowest BCUT2D eigenvalue weighted by Gasteiger charge is -2.30. The van der Waals surface area contributed by atoms with E-state index in [9.17, 15) is 4.79 Å². The van der Waals surface area contributed by atoms with E-state index < -0.39 is 0 Å². The Kier molecular flexibility index (Phi) is 5.41. The third kappa shape index (κ3) is 4.23. The molecule has 0 saturated carbocycles. The summed E-state index contributed by atoms with van der Waals surface area (Å²) in [6, 6.07) is 8.12. The lowest BCUT2D eigenvalue weighted by atomic mass is 10.0. The molecular formula is C16H24N2O2. The van der Waals surface area contributed by atoms with Gasteiger partial charge in [0.25, 0.3) is 0 Å². The first-order valence-electron chi connectivity index (χ1n) is 7.44. The number of nitrogens with zero attached hydrogens (tertiary/aromatic N) is 1. The molecule has 1 heterocycles. The van der Waals surface area contributed by atoms with Gasteiger partial charge in [0.15, 0.2) is 0 Å². The Labute approximate surface area is 120 Å². The van der Waals surface area contributed by atoms with Gasteiger partial charge in [0.1, 0.15) is 5.75 Å². The summed E-state index contributed by atoms with van der Waals surface area (Å²) in [5, 5.41) is 0. The molecule has 4 nitrogen and oxygen atoms in total. The summed E-state index contributed by atoms with van der Waals surface area (Å²) in [6.45, 7) is 4.21. The molecule has 110 valence electrons. The molecule has 1 saturated heterocycles. The second-order valence-corrected chi connectivity index (χ2v) is 5.32. The van der Waals surface area contributed by atoms with E-state index in [1.807, 2.05) is 36.1 Å². The summed E-state index contributed by atoms with van der Waals surface area (Å²) in [5.74, 6) is 1.10. The molecule has 0 aliphatic carbocycles. The average molecular weight is 276 g/mol. The van der Waals surface area contributed by atoms with Crippen LogP contribution in [0.5, 0.6) is 5.75 Å². The zero-order valence-corrected chi connectivity index (χ0v) is 12.2. The number of benzene rings is 1. The van der Waals surface area contributed by atoms with E-state index >= 15 is 0 Å². The fourth-order valence-electron chi connectivity index (χ4n) is 2.56. The first kappa shape index (κ1) is 14.9. The van der Waals surface area contributed by atoms with Crippen LogP contribution >= 0.6 is 0 Å². The molecule has 1 unspecified atom stereocenters. The van der Waals surface area contributed by atoms with Crippen molar-refractivity contribution in [3.8, 4) is 5.75 Å². The Morgan fingerprint density at radius 3 is 2.80 bits per heavy atom. The first-order valence-corrected chi connectivity index (χ1v) is 7.44. The van der Waals surface area contributed by atoms with Crippen LogP contribution in [0.1, 0.15) is 31.7 Å². The topological polar surface area (TPSA) is 55.6 Å². The Bertz CT molecular complexity index is 431. The number of carbonyl (C=O) groups is 1. The monoisotopic (exact) mass is 276 g/mol. The molecule has 1 fully saturated rings. The number of aryl methyl sites for hydroxylation is 1. The van der Waals surface area contributed by atoms with Crippen LogP contribution in [0.3, 0.4) is 0 Å². The van der Waals surface area contributed by atoms with Crippen molar-refractivity contribution in [2.24, 2.45) is 5.73 Å². The number of nitrogens with two attached hydrogens (primary N) is 1. The molecule has 1 atom stereocenters. The van der Waals surface area contributed by atoms with Gasteiger partial charge < -0.3 is 15.4 Å². The number of hydrogen-bond acceptors (Lipinski definition) is 3. The number of likely N-dealkylation sites (tertiary alicyclic amines) is 1. The third-order valence-corrected chi connectivity index (χ3v) is 3.67. The summed E-state index contributed by atoms with van der Waals surface area (Å²) in [6.07, 6.45) is 3.39. The zero-order valence-electron chi connectivity index (χ0n) is 12.2. The smallest absolute Gasteiger partial charge is 0.222 e. The molecule has 0 bridgehead atoms. The van der Waals surface area contributed by atoms with Crippen LogP contribution in [-0.2, 0) is 11.2 Å². The fraction of sp³-hybridized carbons (Fsp3) is 0.562. The summed E-state index contributed by atoms with van der Waals surface area (Å²) in [7, 11) is 0. The van der Waals surface area contributed by atoms with Gasteiger partial charge in [0, 0.05) is 25.6 Å². The average Bonchev–Trinajstić information content (AvgIpc) is 2.46. The van der Waals surface area contributed by atoms with E-state index in [-0.39, 0.29) is 11.9 Å². The first-order chi connectivity index (χ1) is 9.69. The molecule has 1 aromatic rings. The molecule has 0 aromatic heterocycles. The van der Waals surface area contributed by atoms with E-state index in [0.717, 1.165) is 31.6 Å². The summed E-state index contributed by atoms with van der Waals surface area (Å²) < 4.78 is 5.40. The fourth-order valence-corrected chi connectivity index (χ4v) is 2.56. The van der Waals surface area contributed by atoms with Crippen molar-refractivity contribution in [2.45, 2.75) is 38.6 Å². The highest BCUT2D eigenvalue weighted by Gasteiger charge is 2.20. The Balaban J connectivity index is 1.80. The van der Waals surface area contributed by atoms with Crippen molar-refractivity contribution in [3.63, 3.8) is 0 Å². The molecule has 0 spiro atoms. The van der Waals surface area contributed by atoms with Gasteiger partial charge in [-0.3, -0.25) is 4.79 Å². The van der Waals surface area contributed by atoms with E-state index in [2.05, 4.69) is 0 Å². The minimum Gasteiger partial charge on any atom is -0.494 e. The van der Waals surface area contributed by atoms with Gasteiger partial charge in [0.05, 0.1) is 6.61 Å². The maximum Gasteiger partial charge on any atom is 0.222 e. The molecule has 1 aliphatic rings. The van der Waals surface area contributed by atoms with Crippen molar-refractivity contribution in [3.05, 3.63) is 29.8 Å². The SMILES string of the molecule is CCOc1ccc(CCC(=O)N2CCCC(N)C2)cc1. The predicted molar refractivity (Wildman–Crippen MR) is 79.7 cm³/mol. The summed E-state index contributed by atoms with van der Waals surface area (Å²) in [5.41, 5.74) is 7.08. The van der Waals surface area contributed by atoms with Crippen LogP contribution in [-0.4, -0.2) is 36.5 Å². The second-order valence-electron chi connectivity index (χ2n) is 5.32. The van der Waals surface area contributed by atoms with Gasteiger partial charge in [0.2, 0.25) is 5.91 Å². The number of amides is 1. The minimum absolute atomic E-state index is 0.151. The Morgan fingerprint density at radius 1 is 1.40 bits per heavy atom. The second kappa shape index (κ2) is 7.29. The number of ether oxygens (including phenoxy) is 1. The van der Waals surface area contributed by atoms with E-state index in [1.54, 1.807) is 0 Å². The molecular weight excluding hydrogens is 252 g/mol. The summed E-state index contributed by atoms with van der Waals surface area (Å²) >= 11 is 0. The van der Waals surface area contributed by atoms with Gasteiger partial charge in [-0.2, -0.15) is 0 Å². The molecule has 2 N–H and O–H groups in total. The van der Waals surface area contributed by atoms with Gasteiger partial charge in [-0.05, 0) is 43.9 Å². The number of carbonyl (C=O) groups excluding carboxylic acids is 1. The molecule has 0 radical (unpaired) electrons. The molecule has 1 aliphatic heterocycles. The van der Waals surface area contributed by atoms with Crippen LogP contribution in [0.2, 0.25) is 0 Å². The number of rotatable bonds is 5. The van der Waals surface area contributed by atoms with E-state index in [0.29, 0.717) is 19.6 Å². The molecule has 1 aromatic carbocycles. The van der Waals surface area contributed by atoms with Crippen LogP contribution in [0, 0.1) is 0 Å². The van der Waals surface area contributed by atoms with Crippen molar-refractivity contribution < 1.29 is 9.53 Å². The maximum atomic E-state index is 12.1. The highest BCUT2D eigenvalue weighted by Crippen LogP contribution is 2.15. The van der Waals surface area contributed by atoms with Crippen molar-refractivity contribution >= 4 is 5.91 Å². The van der Waals surface area contributed by atoms with Gasteiger partial charge in [-0.25, -0.2) is 0 Å². The van der Waals surface area contributed by atoms with E-state index in [4.69, 9.17) is 10.5 Å². The molecule has 2 rings (SSSR count). The normalized spacial score (nSPS) is 18.9. The predicted octanol–water partition coefficient (Wildman–Crippen LogP) is 1.97. The number of hydrogen-bond donors (Lipinski definition) is 1. The van der Waals surface area contributed by atoms with Crippen molar-refractivity contribution in [2.75, 3.05) is 19.7 Å². The quantitative estimate of drug-likeness (QED) is 0.894. The molecule has 20 heavy (non-hydrogen) atoms. The highest BCUT2D eigenvalue weighted by atomic mass is 16.5. The number of piperidine rings is 1. The maximum absolute atomic E-state index is 12.1. The van der Waals surface area contributed by atoms with Crippen LogP contribution in [0.4, 0.5) is 0 Å². The van der Waals surface area contributed by atoms with Crippen molar-refractivity contribution in [1.29, 1.82) is 0 Å². The van der Waals surface area contributed by atoms with Gasteiger partial charge in [-0.1, -0.05) is 12.1 Å². The lowest BCUT2D eigenvalue weighted by Crippen LogP contribution is -2.45. The Morgan fingerprint density at radius 2 is 2.15 bits per heavy atom. The van der Waals surface area contributed by atoms with E-state index in [1.165, 1.54) is 5.56 Å². The minimum atomic E-state index is 0.151. The highest BCUT2D eigenvalue weighted by molar-refractivity contribution is 5.76. The summed E-state index contributed by atoms with van der Waals surface area (Å²) in [4.78, 5) is 14.0. The Hall–Kier alpha value is -1.55. The molecule has 4 heteroatoms. The van der Waals surface area contributed by atoms with Gasteiger partial charge >= 0.3 is 0 Å². The largest absolute Gasteiger partial charge is 0.494 e. The molecule has 1 amide bonds. The third-order valence-electron chi connectivity index (χ3n) is 3.67. The standard InChI is InChI=1S/C16H24N2O2/c1-2-20-15-8-5-13(6-9-15)7-10-16(19)18-11-3-4-14(17)12-18/h5-6,8-9,14H,2-4,7,10-12,17H2,1H3. The van der Waals surface area contributed by atoms with Crippen LogP contribution in [0.15, 0.2) is 24.3 Å². The van der Waals surface area contributed by atoms with Crippen LogP contribution in [0.25, 0.3) is 0 Å². The van der Waals surface area contributed by atoms with Gasteiger partial charge in [-0.15, -0.1) is 0 Å². The zero-order chi connectivity index (χ0) is 14.4.